The topological polar surface area (TPSA) is 73.2 Å². The molecule has 0 saturated carbocycles. The number of fused-ring (bicyclic) bond motifs is 1. The lowest BCUT2D eigenvalue weighted by molar-refractivity contribution is -0.122. The second-order valence-corrected chi connectivity index (χ2v) is 7.63. The third kappa shape index (κ3) is 3.79. The summed E-state index contributed by atoms with van der Waals surface area (Å²) in [5.74, 6) is 0.784. The fourth-order valence-corrected chi connectivity index (χ4v) is 3.48. The maximum atomic E-state index is 12.4. The molecule has 0 spiro atoms. The minimum atomic E-state index is -0.123. The number of rotatable bonds is 5. The van der Waals surface area contributed by atoms with Crippen molar-refractivity contribution < 1.29 is 14.3 Å². The lowest BCUT2D eigenvalue weighted by Gasteiger charge is -2.29. The zero-order valence-corrected chi connectivity index (χ0v) is 15.8. The maximum Gasteiger partial charge on any atom is 0.242 e. The van der Waals surface area contributed by atoms with Crippen LogP contribution in [-0.2, 0) is 24.3 Å². The van der Waals surface area contributed by atoms with Crippen molar-refractivity contribution >= 4 is 11.7 Å². The van der Waals surface area contributed by atoms with Crippen LogP contribution in [-0.4, -0.2) is 28.6 Å². The molecule has 3 rings (SSSR count). The molecule has 0 bridgehead atoms. The Morgan fingerprint density at radius 3 is 2.62 bits per heavy atom. The molecular weight excluding hydrogens is 330 g/mol. The molecule has 2 aromatic rings. The number of nitrogens with one attached hydrogen (secondary N) is 1. The summed E-state index contributed by atoms with van der Waals surface area (Å²) in [4.78, 5) is 24.8. The second kappa shape index (κ2) is 6.94. The smallest absolute Gasteiger partial charge is 0.242 e. The van der Waals surface area contributed by atoms with E-state index in [-0.39, 0.29) is 23.7 Å². The van der Waals surface area contributed by atoms with Gasteiger partial charge in [0.25, 0.3) is 0 Å². The van der Waals surface area contributed by atoms with Crippen molar-refractivity contribution in [2.45, 2.75) is 46.7 Å². The van der Waals surface area contributed by atoms with Crippen molar-refractivity contribution in [3.63, 3.8) is 0 Å². The molecule has 1 N–H and O–H groups in total. The minimum Gasteiger partial charge on any atom is -0.497 e. The molecule has 0 fully saturated rings. The molecule has 1 amide bonds. The van der Waals surface area contributed by atoms with Gasteiger partial charge in [0.05, 0.1) is 24.1 Å². The summed E-state index contributed by atoms with van der Waals surface area (Å²) in [6.07, 6.45) is 1.27. The van der Waals surface area contributed by atoms with Crippen LogP contribution in [0.2, 0.25) is 0 Å². The lowest BCUT2D eigenvalue weighted by Crippen LogP contribution is -2.31. The Balaban J connectivity index is 1.68. The molecule has 1 aromatic carbocycles. The fourth-order valence-electron chi connectivity index (χ4n) is 3.48. The number of ether oxygens (including phenoxy) is 1. The van der Waals surface area contributed by atoms with Gasteiger partial charge in [0.2, 0.25) is 5.91 Å². The number of Topliss-reactive ketones (excluding diaryl/α,β-unsaturated/α-hetero) is 1. The predicted octanol–water partition coefficient (Wildman–Crippen LogP) is 2.67. The van der Waals surface area contributed by atoms with Gasteiger partial charge in [-0.1, -0.05) is 26.0 Å². The van der Waals surface area contributed by atoms with E-state index in [1.54, 1.807) is 11.8 Å². The highest BCUT2D eigenvalue weighted by Crippen LogP contribution is 2.35. The van der Waals surface area contributed by atoms with Gasteiger partial charge in [0, 0.05) is 13.0 Å². The molecule has 0 radical (unpaired) electrons. The number of aryl methyl sites for hydroxylation is 1. The number of amides is 1. The SMILES string of the molecule is COc1ccc(CNC(=O)Cn2nc(C)c3c2CC(C)(C)CC3=O)cc1. The van der Waals surface area contributed by atoms with Gasteiger partial charge in [0.15, 0.2) is 5.78 Å². The average Bonchev–Trinajstić information content (AvgIpc) is 2.87. The van der Waals surface area contributed by atoms with Crippen molar-refractivity contribution in [1.29, 1.82) is 0 Å². The van der Waals surface area contributed by atoms with E-state index in [4.69, 9.17) is 4.74 Å². The second-order valence-electron chi connectivity index (χ2n) is 7.63. The summed E-state index contributed by atoms with van der Waals surface area (Å²) in [5.41, 5.74) is 3.18. The first-order chi connectivity index (χ1) is 12.3. The molecule has 1 heterocycles. The molecule has 0 saturated heterocycles. The largest absolute Gasteiger partial charge is 0.497 e. The van der Waals surface area contributed by atoms with E-state index in [1.807, 2.05) is 31.2 Å². The molecule has 6 nitrogen and oxygen atoms in total. The van der Waals surface area contributed by atoms with E-state index >= 15 is 0 Å². The summed E-state index contributed by atoms with van der Waals surface area (Å²) in [6.45, 7) is 6.54. The van der Waals surface area contributed by atoms with E-state index in [0.29, 0.717) is 24.2 Å². The van der Waals surface area contributed by atoms with Crippen molar-refractivity contribution in [2.75, 3.05) is 7.11 Å². The number of methoxy groups -OCH3 is 1. The Labute approximate surface area is 153 Å². The number of hydrogen-bond donors (Lipinski definition) is 1. The monoisotopic (exact) mass is 355 g/mol. The van der Waals surface area contributed by atoms with E-state index < -0.39 is 0 Å². The third-order valence-corrected chi connectivity index (χ3v) is 4.74. The molecule has 1 aromatic heterocycles. The lowest BCUT2D eigenvalue weighted by atomic mass is 9.75. The van der Waals surface area contributed by atoms with Crippen LogP contribution in [0.15, 0.2) is 24.3 Å². The molecule has 138 valence electrons. The molecular formula is C20H25N3O3. The van der Waals surface area contributed by atoms with Crippen LogP contribution in [0.4, 0.5) is 0 Å². The van der Waals surface area contributed by atoms with Crippen LogP contribution in [0.25, 0.3) is 0 Å². The summed E-state index contributed by atoms with van der Waals surface area (Å²) >= 11 is 0. The van der Waals surface area contributed by atoms with Gasteiger partial charge in [-0.15, -0.1) is 0 Å². The maximum absolute atomic E-state index is 12.4. The molecule has 0 atom stereocenters. The van der Waals surface area contributed by atoms with Gasteiger partial charge in [-0.3, -0.25) is 14.3 Å². The van der Waals surface area contributed by atoms with Crippen molar-refractivity contribution in [2.24, 2.45) is 5.41 Å². The van der Waals surface area contributed by atoms with E-state index in [9.17, 15) is 9.59 Å². The van der Waals surface area contributed by atoms with E-state index in [1.165, 1.54) is 0 Å². The van der Waals surface area contributed by atoms with Gasteiger partial charge < -0.3 is 10.1 Å². The minimum absolute atomic E-state index is 0.103. The van der Waals surface area contributed by atoms with E-state index in [0.717, 1.165) is 23.4 Å². The fraction of sp³-hybridized carbons (Fsp3) is 0.450. The van der Waals surface area contributed by atoms with Crippen LogP contribution in [0.5, 0.6) is 5.75 Å². The molecule has 6 heteroatoms. The Hall–Kier alpha value is -2.63. The van der Waals surface area contributed by atoms with Crippen molar-refractivity contribution in [3.8, 4) is 5.75 Å². The number of hydrogen-bond acceptors (Lipinski definition) is 4. The Morgan fingerprint density at radius 2 is 1.96 bits per heavy atom. The summed E-state index contributed by atoms with van der Waals surface area (Å²) in [6, 6.07) is 7.56. The Bertz CT molecular complexity index is 835. The van der Waals surface area contributed by atoms with Crippen LogP contribution in [0, 0.1) is 12.3 Å². The zero-order chi connectivity index (χ0) is 18.9. The van der Waals surface area contributed by atoms with Gasteiger partial charge in [-0.25, -0.2) is 0 Å². The Morgan fingerprint density at radius 1 is 1.27 bits per heavy atom. The molecule has 26 heavy (non-hydrogen) atoms. The molecule has 0 aliphatic heterocycles. The standard InChI is InChI=1S/C20H25N3O3/c1-13-19-16(9-20(2,3)10-17(19)24)23(22-13)12-18(25)21-11-14-5-7-15(26-4)8-6-14/h5-8H,9-12H2,1-4H3,(H,21,25). The van der Waals surface area contributed by atoms with Crippen molar-refractivity contribution in [3.05, 3.63) is 46.8 Å². The number of nitrogens with zero attached hydrogens (tertiary/aromatic N) is 2. The average molecular weight is 355 g/mol. The molecule has 1 aliphatic carbocycles. The summed E-state index contributed by atoms with van der Waals surface area (Å²) in [7, 11) is 1.62. The summed E-state index contributed by atoms with van der Waals surface area (Å²) in [5, 5.41) is 7.35. The van der Waals surface area contributed by atoms with Crippen LogP contribution in [0.3, 0.4) is 0 Å². The number of aromatic nitrogens is 2. The van der Waals surface area contributed by atoms with Gasteiger partial charge >= 0.3 is 0 Å². The quantitative estimate of drug-likeness (QED) is 0.895. The molecule has 1 aliphatic rings. The van der Waals surface area contributed by atoms with Gasteiger partial charge in [-0.05, 0) is 36.5 Å². The van der Waals surface area contributed by atoms with Crippen LogP contribution in [0.1, 0.15) is 47.6 Å². The van der Waals surface area contributed by atoms with E-state index in [2.05, 4.69) is 24.3 Å². The van der Waals surface area contributed by atoms with Crippen LogP contribution >= 0.6 is 0 Å². The highest BCUT2D eigenvalue weighted by molar-refractivity contribution is 5.99. The normalized spacial score (nSPS) is 15.5. The zero-order valence-electron chi connectivity index (χ0n) is 15.8. The van der Waals surface area contributed by atoms with Crippen LogP contribution < -0.4 is 10.1 Å². The molecule has 0 unspecified atom stereocenters. The van der Waals surface area contributed by atoms with Gasteiger partial charge in [0.1, 0.15) is 12.3 Å². The highest BCUT2D eigenvalue weighted by Gasteiger charge is 2.35. The number of carbonyl (C=O) groups is 2. The number of benzene rings is 1. The van der Waals surface area contributed by atoms with Gasteiger partial charge in [-0.2, -0.15) is 5.10 Å². The van der Waals surface area contributed by atoms with Crippen molar-refractivity contribution in [1.82, 2.24) is 15.1 Å². The summed E-state index contributed by atoms with van der Waals surface area (Å²) < 4.78 is 6.82. The highest BCUT2D eigenvalue weighted by atomic mass is 16.5. The number of carbonyl (C=O) groups excluding carboxylic acids is 2. The predicted molar refractivity (Wildman–Crippen MR) is 98.2 cm³/mol. The first-order valence-electron chi connectivity index (χ1n) is 8.78. The first kappa shape index (κ1) is 18.2. The first-order valence-corrected chi connectivity index (χ1v) is 8.78. The third-order valence-electron chi connectivity index (χ3n) is 4.74. The Kier molecular flexibility index (Phi) is 4.85. The number of ketones is 1.